The minimum atomic E-state index is -2.26. The summed E-state index contributed by atoms with van der Waals surface area (Å²) in [5.74, 6) is -2.05. The lowest BCUT2D eigenvalue weighted by atomic mass is 10.0. The molecule has 1 aliphatic rings. The second-order valence-corrected chi connectivity index (χ2v) is 8.15. The summed E-state index contributed by atoms with van der Waals surface area (Å²) in [6.45, 7) is 1.83. The lowest BCUT2D eigenvalue weighted by Crippen LogP contribution is -2.52. The second-order valence-electron chi connectivity index (χ2n) is 7.72. The Morgan fingerprint density at radius 1 is 1.26 bits per heavy atom. The third-order valence-corrected chi connectivity index (χ3v) is 5.61. The van der Waals surface area contributed by atoms with Gasteiger partial charge < -0.3 is 29.8 Å². The first-order valence-electron chi connectivity index (χ1n) is 10.4. The molecule has 1 saturated heterocycles. The fourth-order valence-corrected chi connectivity index (χ4v) is 4.00. The first kappa shape index (κ1) is 23.5. The summed E-state index contributed by atoms with van der Waals surface area (Å²) in [5.41, 5.74) is -0.762. The fraction of sp³-hybridized carbons (Fsp3) is 0.261. The Hall–Kier alpha value is -3.63. The molecule has 0 unspecified atom stereocenters. The highest BCUT2D eigenvalue weighted by Crippen LogP contribution is 2.32. The number of benzene rings is 2. The number of carbonyl (C=O) groups is 3. The lowest BCUT2D eigenvalue weighted by molar-refractivity contribution is -0.149. The zero-order valence-corrected chi connectivity index (χ0v) is 18.8. The number of H-pyrrole nitrogens is 1. The number of carbonyl (C=O) groups excluding carboxylic acids is 3. The smallest absolute Gasteiger partial charge is 0.434 e. The predicted molar refractivity (Wildman–Crippen MR) is 121 cm³/mol. The number of nitrogens with one attached hydrogen (secondary N) is 2. The van der Waals surface area contributed by atoms with Crippen LogP contribution in [0, 0.1) is 5.82 Å². The number of rotatable bonds is 6. The molecule has 2 amide bonds. The maximum atomic E-state index is 13.5. The molecule has 1 aliphatic heterocycles. The number of ether oxygens (including phenoxy) is 2. The Morgan fingerprint density at radius 3 is 2.79 bits per heavy atom. The van der Waals surface area contributed by atoms with Crippen LogP contribution in [0.15, 0.2) is 42.5 Å². The number of aliphatic hydroxyl groups is 1. The first-order valence-corrected chi connectivity index (χ1v) is 10.8. The summed E-state index contributed by atoms with van der Waals surface area (Å²) < 4.78 is 23.3. The highest BCUT2D eigenvalue weighted by atomic mass is 35.5. The fourth-order valence-electron chi connectivity index (χ4n) is 3.76. The third-order valence-electron chi connectivity index (χ3n) is 5.39. The largest absolute Gasteiger partial charge is 0.515 e. The van der Waals surface area contributed by atoms with Crippen LogP contribution in [-0.4, -0.2) is 46.8 Å². The van der Waals surface area contributed by atoms with E-state index in [2.05, 4.69) is 10.3 Å². The molecule has 2 heterocycles. The Balaban J connectivity index is 1.47. The van der Waals surface area contributed by atoms with Crippen molar-refractivity contribution in [1.29, 1.82) is 0 Å². The van der Waals surface area contributed by atoms with Crippen molar-refractivity contribution in [2.75, 3.05) is 18.1 Å². The molecule has 9 nitrogen and oxygen atoms in total. The van der Waals surface area contributed by atoms with Crippen LogP contribution < -0.4 is 15.0 Å². The first-order chi connectivity index (χ1) is 16.2. The van der Waals surface area contributed by atoms with E-state index in [9.17, 15) is 23.9 Å². The number of aromatic amines is 1. The van der Waals surface area contributed by atoms with Crippen molar-refractivity contribution in [1.82, 2.24) is 10.3 Å². The number of anilines is 1. The van der Waals surface area contributed by atoms with E-state index in [1.807, 2.05) is 0 Å². The molecule has 178 valence electrons. The zero-order chi connectivity index (χ0) is 24.5. The average Bonchev–Trinajstić information content (AvgIpc) is 3.31. The van der Waals surface area contributed by atoms with Crippen molar-refractivity contribution in [3.8, 4) is 5.88 Å². The monoisotopic (exact) mass is 489 g/mol. The van der Waals surface area contributed by atoms with E-state index in [1.54, 1.807) is 31.2 Å². The highest BCUT2D eigenvalue weighted by molar-refractivity contribution is 6.30. The molecular formula is C23H21ClFN3O6. The Kier molecular flexibility index (Phi) is 6.45. The van der Waals surface area contributed by atoms with Gasteiger partial charge in [0.05, 0.1) is 6.61 Å². The van der Waals surface area contributed by atoms with Crippen LogP contribution in [0.3, 0.4) is 0 Å². The summed E-state index contributed by atoms with van der Waals surface area (Å²) >= 11 is 5.82. The van der Waals surface area contributed by atoms with Crippen molar-refractivity contribution < 1.29 is 33.4 Å². The normalized spacial score (nSPS) is 17.8. The van der Waals surface area contributed by atoms with Crippen LogP contribution in [0.25, 0.3) is 10.9 Å². The van der Waals surface area contributed by atoms with Crippen LogP contribution in [0.5, 0.6) is 5.88 Å². The van der Waals surface area contributed by atoms with Crippen molar-refractivity contribution in [2.24, 2.45) is 0 Å². The standard InChI is InChI=1S/C23H21ClFN3O6/c1-2-33-22(31)34-19-10-14-9-17(3-4-18(14)27-19)28-6-5-23(32,21(28)30)20(29)26-12-13-7-15(24)11-16(25)8-13/h3-4,7-11,27,32H,2,5-6,12H2,1H3,(H,26,29)/t23-/m0/s1. The van der Waals surface area contributed by atoms with Gasteiger partial charge in [-0.15, -0.1) is 0 Å². The van der Waals surface area contributed by atoms with E-state index in [0.717, 1.165) is 6.07 Å². The quantitative estimate of drug-likeness (QED) is 0.361. The molecule has 1 aromatic heterocycles. The summed E-state index contributed by atoms with van der Waals surface area (Å²) in [6.07, 6.45) is -0.968. The predicted octanol–water partition coefficient (Wildman–Crippen LogP) is 3.28. The molecule has 0 aliphatic carbocycles. The van der Waals surface area contributed by atoms with Gasteiger partial charge in [-0.1, -0.05) is 11.6 Å². The number of nitrogens with zero attached hydrogens (tertiary/aromatic N) is 1. The number of hydrogen-bond donors (Lipinski definition) is 3. The molecule has 2 aromatic carbocycles. The summed E-state index contributed by atoms with van der Waals surface area (Å²) in [7, 11) is 0. The van der Waals surface area contributed by atoms with Crippen LogP contribution in [0.1, 0.15) is 18.9 Å². The number of fused-ring (bicyclic) bond motifs is 1. The van der Waals surface area contributed by atoms with Crippen molar-refractivity contribution >= 4 is 46.2 Å². The molecule has 0 spiro atoms. The van der Waals surface area contributed by atoms with Gasteiger partial charge in [0, 0.05) is 47.2 Å². The second kappa shape index (κ2) is 9.32. The number of hydrogen-bond acceptors (Lipinski definition) is 6. The Bertz CT molecular complexity index is 1260. The van der Waals surface area contributed by atoms with Gasteiger partial charge in [0.2, 0.25) is 11.5 Å². The van der Waals surface area contributed by atoms with Crippen molar-refractivity contribution in [3.05, 3.63) is 58.9 Å². The molecule has 3 aromatic rings. The minimum Gasteiger partial charge on any atom is -0.434 e. The van der Waals surface area contributed by atoms with Crippen molar-refractivity contribution in [3.63, 3.8) is 0 Å². The van der Waals surface area contributed by atoms with E-state index in [1.165, 1.54) is 17.0 Å². The number of halogens is 2. The van der Waals surface area contributed by atoms with Gasteiger partial charge in [0.15, 0.2) is 0 Å². The lowest BCUT2D eigenvalue weighted by Gasteiger charge is -2.22. The van der Waals surface area contributed by atoms with Crippen LogP contribution in [-0.2, 0) is 20.9 Å². The third kappa shape index (κ3) is 4.68. The summed E-state index contributed by atoms with van der Waals surface area (Å²) in [4.78, 5) is 41.4. The molecule has 3 N–H and O–H groups in total. The molecule has 1 fully saturated rings. The van der Waals surface area contributed by atoms with Crippen molar-refractivity contribution in [2.45, 2.75) is 25.5 Å². The Morgan fingerprint density at radius 2 is 2.06 bits per heavy atom. The maximum absolute atomic E-state index is 13.5. The van der Waals surface area contributed by atoms with Gasteiger partial charge in [-0.25, -0.2) is 9.18 Å². The minimum absolute atomic E-state index is 0.107. The Labute approximate surface area is 198 Å². The molecule has 0 saturated carbocycles. The highest BCUT2D eigenvalue weighted by Gasteiger charge is 2.51. The molecule has 1 atom stereocenters. The van der Waals surface area contributed by atoms with E-state index < -0.39 is 29.4 Å². The van der Waals surface area contributed by atoms with Gasteiger partial charge in [0.1, 0.15) is 5.82 Å². The van der Waals surface area contributed by atoms with Gasteiger partial charge in [0.25, 0.3) is 11.8 Å². The van der Waals surface area contributed by atoms with Gasteiger partial charge in [-0.05, 0) is 48.9 Å². The molecule has 4 rings (SSSR count). The van der Waals surface area contributed by atoms with Gasteiger partial charge >= 0.3 is 6.16 Å². The molecule has 0 radical (unpaired) electrons. The van der Waals surface area contributed by atoms with Crippen LogP contribution >= 0.6 is 11.6 Å². The van der Waals surface area contributed by atoms with Gasteiger partial charge in [-0.2, -0.15) is 0 Å². The zero-order valence-electron chi connectivity index (χ0n) is 18.1. The molecule has 0 bridgehead atoms. The topological polar surface area (TPSA) is 121 Å². The molecule has 11 heteroatoms. The van der Waals surface area contributed by atoms with E-state index >= 15 is 0 Å². The number of amides is 2. The SMILES string of the molecule is CCOC(=O)Oc1cc2cc(N3CC[C@](O)(C(=O)NCc4cc(F)cc(Cl)c4)C3=O)ccc2[nH]1. The van der Waals surface area contributed by atoms with Gasteiger partial charge in [-0.3, -0.25) is 9.59 Å². The van der Waals surface area contributed by atoms with E-state index in [0.29, 0.717) is 22.2 Å². The summed E-state index contributed by atoms with van der Waals surface area (Å²) in [6, 6.07) is 10.4. The maximum Gasteiger partial charge on any atom is 0.515 e. The summed E-state index contributed by atoms with van der Waals surface area (Å²) in [5, 5.41) is 14.1. The average molecular weight is 490 g/mol. The number of aromatic nitrogens is 1. The van der Waals surface area contributed by atoms with E-state index in [-0.39, 0.29) is 37.0 Å². The molecular weight excluding hydrogens is 469 g/mol. The van der Waals surface area contributed by atoms with Crippen LogP contribution in [0.2, 0.25) is 5.02 Å². The molecule has 34 heavy (non-hydrogen) atoms. The van der Waals surface area contributed by atoms with Crippen LogP contribution in [0.4, 0.5) is 14.9 Å². The van der Waals surface area contributed by atoms with E-state index in [4.69, 9.17) is 21.1 Å².